The van der Waals surface area contributed by atoms with Gasteiger partial charge in [0, 0.05) is 23.7 Å². The molecule has 1 aromatic rings. The molecule has 2 atom stereocenters. The van der Waals surface area contributed by atoms with Crippen LogP contribution in [0.2, 0.25) is 0 Å². The molecule has 1 aromatic carbocycles. The van der Waals surface area contributed by atoms with Crippen molar-refractivity contribution >= 4 is 15.9 Å². The molecule has 0 fully saturated rings. The van der Waals surface area contributed by atoms with E-state index in [1.807, 2.05) is 0 Å². The summed E-state index contributed by atoms with van der Waals surface area (Å²) < 4.78 is 6.60. The Bertz CT molecular complexity index is 436. The molecule has 1 aliphatic carbocycles. The summed E-state index contributed by atoms with van der Waals surface area (Å²) >= 11 is 3.51. The third kappa shape index (κ3) is 4.55. The van der Waals surface area contributed by atoms with E-state index < -0.39 is 6.10 Å². The average Bonchev–Trinajstić information content (AvgIpc) is 2.78. The predicted molar refractivity (Wildman–Crippen MR) is 84.9 cm³/mol. The van der Waals surface area contributed by atoms with Gasteiger partial charge in [0.1, 0.15) is 0 Å². The molecular weight excluding hydrogens is 318 g/mol. The van der Waals surface area contributed by atoms with E-state index in [1.165, 1.54) is 11.1 Å². The first kappa shape index (κ1) is 16.0. The molecular formula is C16H24BrNO2. The van der Waals surface area contributed by atoms with Crippen LogP contribution in [-0.4, -0.2) is 31.0 Å². The lowest BCUT2D eigenvalue weighted by Crippen LogP contribution is -2.32. The zero-order valence-electron chi connectivity index (χ0n) is 12.2. The van der Waals surface area contributed by atoms with Crippen LogP contribution in [0.15, 0.2) is 22.7 Å². The number of ether oxygens (including phenoxy) is 1. The summed E-state index contributed by atoms with van der Waals surface area (Å²) in [4.78, 5) is 0. The molecule has 2 rings (SSSR count). The van der Waals surface area contributed by atoms with Gasteiger partial charge in [0.25, 0.3) is 0 Å². The van der Waals surface area contributed by atoms with Gasteiger partial charge < -0.3 is 15.2 Å². The highest BCUT2D eigenvalue weighted by Crippen LogP contribution is 2.32. The molecule has 1 aliphatic rings. The number of hydrogen-bond donors (Lipinski definition) is 2. The fourth-order valence-corrected chi connectivity index (χ4v) is 2.98. The second kappa shape index (κ2) is 7.55. The molecule has 2 unspecified atom stereocenters. The van der Waals surface area contributed by atoms with E-state index in [2.05, 4.69) is 53.3 Å². The first-order valence-electron chi connectivity index (χ1n) is 7.33. The molecule has 2 N–H and O–H groups in total. The minimum Gasteiger partial charge on any atom is -0.389 e. The quantitative estimate of drug-likeness (QED) is 0.800. The monoisotopic (exact) mass is 341 g/mol. The van der Waals surface area contributed by atoms with Crippen LogP contribution >= 0.6 is 15.9 Å². The molecule has 0 aromatic heterocycles. The standard InChI is InChI=1S/C16H24BrNO2/c1-11(2)9-20-10-14(19)8-18-16-6-3-12-7-13(17)4-5-15(12)16/h4-5,7,11,14,16,18-19H,3,6,8-10H2,1-2H3. The predicted octanol–water partition coefficient (Wildman–Crippen LogP) is 3.06. The van der Waals surface area contributed by atoms with Crippen LogP contribution in [-0.2, 0) is 11.2 Å². The van der Waals surface area contributed by atoms with Crippen molar-refractivity contribution in [1.29, 1.82) is 0 Å². The Kier molecular flexibility index (Phi) is 6.02. The Balaban J connectivity index is 1.76. The maximum Gasteiger partial charge on any atom is 0.0897 e. The van der Waals surface area contributed by atoms with E-state index in [0.29, 0.717) is 31.7 Å². The highest BCUT2D eigenvalue weighted by atomic mass is 79.9. The summed E-state index contributed by atoms with van der Waals surface area (Å²) in [7, 11) is 0. The molecule has 0 heterocycles. The number of benzene rings is 1. The Morgan fingerprint density at radius 1 is 1.40 bits per heavy atom. The molecule has 4 heteroatoms. The fraction of sp³-hybridized carbons (Fsp3) is 0.625. The third-order valence-electron chi connectivity index (χ3n) is 3.54. The van der Waals surface area contributed by atoms with Gasteiger partial charge in [-0.05, 0) is 42.0 Å². The number of aliphatic hydroxyl groups excluding tert-OH is 1. The number of aryl methyl sites for hydroxylation is 1. The second-order valence-electron chi connectivity index (χ2n) is 5.93. The summed E-state index contributed by atoms with van der Waals surface area (Å²) in [5.41, 5.74) is 2.77. The van der Waals surface area contributed by atoms with E-state index in [1.54, 1.807) is 0 Å². The molecule has 0 radical (unpaired) electrons. The van der Waals surface area contributed by atoms with Gasteiger partial charge in [-0.15, -0.1) is 0 Å². The largest absolute Gasteiger partial charge is 0.389 e. The highest BCUT2D eigenvalue weighted by molar-refractivity contribution is 9.10. The Hall–Kier alpha value is -0.420. The van der Waals surface area contributed by atoms with Gasteiger partial charge in [0.2, 0.25) is 0 Å². The second-order valence-corrected chi connectivity index (χ2v) is 6.84. The van der Waals surface area contributed by atoms with E-state index in [0.717, 1.165) is 17.3 Å². The van der Waals surface area contributed by atoms with Crippen molar-refractivity contribution in [3.63, 3.8) is 0 Å². The fourth-order valence-electron chi connectivity index (χ4n) is 2.58. The molecule has 3 nitrogen and oxygen atoms in total. The number of fused-ring (bicyclic) bond motifs is 1. The maximum absolute atomic E-state index is 9.92. The summed E-state index contributed by atoms with van der Waals surface area (Å²) in [6, 6.07) is 6.81. The molecule has 0 saturated carbocycles. The molecule has 0 bridgehead atoms. The number of nitrogens with one attached hydrogen (secondary N) is 1. The Labute approximate surface area is 129 Å². The van der Waals surface area contributed by atoms with Crippen LogP contribution < -0.4 is 5.32 Å². The van der Waals surface area contributed by atoms with Crippen LogP contribution in [0.3, 0.4) is 0 Å². The summed E-state index contributed by atoms with van der Waals surface area (Å²) in [6.07, 6.45) is 1.77. The van der Waals surface area contributed by atoms with Gasteiger partial charge >= 0.3 is 0 Å². The van der Waals surface area contributed by atoms with Crippen LogP contribution in [0.4, 0.5) is 0 Å². The average molecular weight is 342 g/mol. The lowest BCUT2D eigenvalue weighted by Gasteiger charge is -2.18. The summed E-state index contributed by atoms with van der Waals surface area (Å²) in [5, 5.41) is 13.4. The van der Waals surface area contributed by atoms with Crippen LogP contribution in [0.5, 0.6) is 0 Å². The minimum atomic E-state index is -0.437. The highest BCUT2D eigenvalue weighted by Gasteiger charge is 2.22. The van der Waals surface area contributed by atoms with E-state index in [-0.39, 0.29) is 0 Å². The molecule has 0 spiro atoms. The maximum atomic E-state index is 9.92. The number of aliphatic hydroxyl groups is 1. The first-order chi connectivity index (χ1) is 9.56. The smallest absolute Gasteiger partial charge is 0.0897 e. The van der Waals surface area contributed by atoms with E-state index in [4.69, 9.17) is 4.74 Å². The van der Waals surface area contributed by atoms with Gasteiger partial charge in [-0.2, -0.15) is 0 Å². The van der Waals surface area contributed by atoms with Gasteiger partial charge in [-0.3, -0.25) is 0 Å². The zero-order valence-corrected chi connectivity index (χ0v) is 13.8. The van der Waals surface area contributed by atoms with Gasteiger partial charge in [0.05, 0.1) is 12.7 Å². The van der Waals surface area contributed by atoms with Gasteiger partial charge in [-0.1, -0.05) is 35.8 Å². The van der Waals surface area contributed by atoms with Crippen molar-refractivity contribution in [2.45, 2.75) is 38.8 Å². The minimum absolute atomic E-state index is 0.359. The first-order valence-corrected chi connectivity index (χ1v) is 8.13. The van der Waals surface area contributed by atoms with Gasteiger partial charge in [-0.25, -0.2) is 0 Å². The lowest BCUT2D eigenvalue weighted by atomic mass is 10.1. The number of halogens is 1. The SMILES string of the molecule is CC(C)COCC(O)CNC1CCc2cc(Br)ccc21. The number of hydrogen-bond acceptors (Lipinski definition) is 3. The molecule has 0 saturated heterocycles. The van der Waals surface area contributed by atoms with Crippen LogP contribution in [0.1, 0.15) is 37.4 Å². The topological polar surface area (TPSA) is 41.5 Å². The van der Waals surface area contributed by atoms with Gasteiger partial charge in [0.15, 0.2) is 0 Å². The van der Waals surface area contributed by atoms with Crippen LogP contribution in [0, 0.1) is 5.92 Å². The molecule has 0 aliphatic heterocycles. The van der Waals surface area contributed by atoms with Crippen molar-refractivity contribution in [1.82, 2.24) is 5.32 Å². The number of rotatable bonds is 7. The molecule has 112 valence electrons. The Morgan fingerprint density at radius 2 is 2.20 bits per heavy atom. The van der Waals surface area contributed by atoms with Crippen molar-refractivity contribution < 1.29 is 9.84 Å². The molecule has 20 heavy (non-hydrogen) atoms. The van der Waals surface area contributed by atoms with Crippen molar-refractivity contribution in [2.24, 2.45) is 5.92 Å². The van der Waals surface area contributed by atoms with E-state index >= 15 is 0 Å². The van der Waals surface area contributed by atoms with E-state index in [9.17, 15) is 5.11 Å². The lowest BCUT2D eigenvalue weighted by molar-refractivity contribution is 0.0250. The molecule has 0 amide bonds. The summed E-state index contributed by atoms with van der Waals surface area (Å²) in [6.45, 7) is 5.91. The third-order valence-corrected chi connectivity index (χ3v) is 4.04. The normalized spacial score (nSPS) is 19.4. The zero-order chi connectivity index (χ0) is 14.5. The van der Waals surface area contributed by atoms with Crippen molar-refractivity contribution in [3.05, 3.63) is 33.8 Å². The Morgan fingerprint density at radius 3 is 2.95 bits per heavy atom. The van der Waals surface area contributed by atoms with Crippen LogP contribution in [0.25, 0.3) is 0 Å². The summed E-state index contributed by atoms with van der Waals surface area (Å²) in [5.74, 6) is 0.510. The van der Waals surface area contributed by atoms with Crippen molar-refractivity contribution in [3.8, 4) is 0 Å². The van der Waals surface area contributed by atoms with Crippen molar-refractivity contribution in [2.75, 3.05) is 19.8 Å².